The number of nitrogens with two attached hydrogens (primary N) is 1. The number of nitrogens with zero attached hydrogens (tertiary/aromatic N) is 2. The predicted molar refractivity (Wildman–Crippen MR) is 76.1 cm³/mol. The van der Waals surface area contributed by atoms with Gasteiger partial charge in [0.1, 0.15) is 17.2 Å². The van der Waals surface area contributed by atoms with Crippen molar-refractivity contribution >= 4 is 5.69 Å². The van der Waals surface area contributed by atoms with Crippen LogP contribution in [0.3, 0.4) is 0 Å². The van der Waals surface area contributed by atoms with Gasteiger partial charge in [-0.1, -0.05) is 12.1 Å². The maximum atomic E-state index is 5.77. The lowest BCUT2D eigenvalue weighted by Crippen LogP contribution is -2.22. The first kappa shape index (κ1) is 13.3. The van der Waals surface area contributed by atoms with E-state index in [1.54, 1.807) is 12.4 Å². The van der Waals surface area contributed by atoms with Gasteiger partial charge in [-0.3, -0.25) is 0 Å². The van der Waals surface area contributed by atoms with Gasteiger partial charge in [-0.25, -0.2) is 9.97 Å². The molecule has 0 unspecified atom stereocenters. The molecule has 19 heavy (non-hydrogen) atoms. The fraction of sp³-hybridized carbons (Fsp3) is 0.333. The van der Waals surface area contributed by atoms with Gasteiger partial charge in [-0.2, -0.15) is 0 Å². The Hall–Kier alpha value is -2.10. The molecule has 0 bridgehead atoms. The van der Waals surface area contributed by atoms with E-state index in [2.05, 4.69) is 9.97 Å². The molecule has 1 heterocycles. The Balaban J connectivity index is 2.04. The first-order valence-corrected chi connectivity index (χ1v) is 6.27. The Morgan fingerprint density at radius 3 is 2.16 bits per heavy atom. The standard InChI is InChI=1S/C15H19N3O/c1-15(2,3)19-13-6-4-11(5-7-13)8-14-17-9-12(16)10-18-14/h4-7,9-10H,8,16H2,1-3H3. The summed E-state index contributed by atoms with van der Waals surface area (Å²) in [6.45, 7) is 6.09. The van der Waals surface area contributed by atoms with Gasteiger partial charge >= 0.3 is 0 Å². The van der Waals surface area contributed by atoms with Crippen LogP contribution in [0.4, 0.5) is 5.69 Å². The third kappa shape index (κ3) is 4.25. The summed E-state index contributed by atoms with van der Waals surface area (Å²) in [5, 5.41) is 0. The zero-order valence-corrected chi connectivity index (χ0v) is 11.6. The van der Waals surface area contributed by atoms with Crippen LogP contribution >= 0.6 is 0 Å². The minimum Gasteiger partial charge on any atom is -0.488 e. The summed E-state index contributed by atoms with van der Waals surface area (Å²) in [6, 6.07) is 8.00. The molecule has 100 valence electrons. The van der Waals surface area contributed by atoms with Crippen LogP contribution in [0.2, 0.25) is 0 Å². The number of aromatic nitrogens is 2. The molecule has 0 aliphatic heterocycles. The molecule has 0 saturated carbocycles. The normalized spacial score (nSPS) is 11.3. The maximum absolute atomic E-state index is 5.77. The zero-order chi connectivity index (χ0) is 13.9. The molecule has 2 rings (SSSR count). The van der Waals surface area contributed by atoms with Crippen LogP contribution in [-0.2, 0) is 6.42 Å². The lowest BCUT2D eigenvalue weighted by molar-refractivity contribution is 0.131. The highest BCUT2D eigenvalue weighted by molar-refractivity contribution is 5.32. The highest BCUT2D eigenvalue weighted by atomic mass is 16.5. The van der Waals surface area contributed by atoms with Gasteiger partial charge in [0.2, 0.25) is 0 Å². The van der Waals surface area contributed by atoms with Crippen LogP contribution in [0.15, 0.2) is 36.7 Å². The molecule has 0 atom stereocenters. The maximum Gasteiger partial charge on any atom is 0.132 e. The summed E-state index contributed by atoms with van der Waals surface area (Å²) < 4.78 is 5.77. The van der Waals surface area contributed by atoms with Crippen molar-refractivity contribution in [1.82, 2.24) is 9.97 Å². The van der Waals surface area contributed by atoms with Crippen molar-refractivity contribution in [1.29, 1.82) is 0 Å². The highest BCUT2D eigenvalue weighted by Crippen LogP contribution is 2.19. The van der Waals surface area contributed by atoms with Crippen molar-refractivity contribution in [2.45, 2.75) is 32.8 Å². The summed E-state index contributed by atoms with van der Waals surface area (Å²) >= 11 is 0. The van der Waals surface area contributed by atoms with Crippen LogP contribution in [0.5, 0.6) is 5.75 Å². The van der Waals surface area contributed by atoms with E-state index < -0.39 is 0 Å². The average molecular weight is 257 g/mol. The predicted octanol–water partition coefficient (Wildman–Crippen LogP) is 2.83. The van der Waals surface area contributed by atoms with Gasteiger partial charge in [0, 0.05) is 6.42 Å². The molecule has 0 amide bonds. The second-order valence-electron chi connectivity index (χ2n) is 5.47. The summed E-state index contributed by atoms with van der Waals surface area (Å²) in [5.74, 6) is 1.63. The van der Waals surface area contributed by atoms with Gasteiger partial charge in [-0.05, 0) is 38.5 Å². The molecular weight excluding hydrogens is 238 g/mol. The van der Waals surface area contributed by atoms with Crippen molar-refractivity contribution in [2.24, 2.45) is 0 Å². The van der Waals surface area contributed by atoms with Gasteiger partial charge < -0.3 is 10.5 Å². The monoisotopic (exact) mass is 257 g/mol. The molecule has 1 aromatic carbocycles. The summed E-state index contributed by atoms with van der Waals surface area (Å²) in [7, 11) is 0. The number of hydrogen-bond acceptors (Lipinski definition) is 4. The van der Waals surface area contributed by atoms with Crippen LogP contribution in [0.1, 0.15) is 32.2 Å². The van der Waals surface area contributed by atoms with Crippen LogP contribution in [-0.4, -0.2) is 15.6 Å². The molecule has 0 radical (unpaired) electrons. The lowest BCUT2D eigenvalue weighted by Gasteiger charge is -2.21. The third-order valence-corrected chi connectivity index (χ3v) is 2.43. The second kappa shape index (κ2) is 5.26. The lowest BCUT2D eigenvalue weighted by atomic mass is 10.1. The first-order valence-electron chi connectivity index (χ1n) is 6.27. The van der Waals surface area contributed by atoms with E-state index in [0.29, 0.717) is 12.1 Å². The number of anilines is 1. The van der Waals surface area contributed by atoms with Crippen molar-refractivity contribution in [2.75, 3.05) is 5.73 Å². The topological polar surface area (TPSA) is 61.0 Å². The number of benzene rings is 1. The number of rotatable bonds is 3. The summed E-state index contributed by atoms with van der Waals surface area (Å²) in [6.07, 6.45) is 3.94. The number of hydrogen-bond donors (Lipinski definition) is 1. The summed E-state index contributed by atoms with van der Waals surface area (Å²) in [4.78, 5) is 8.38. The Bertz CT molecular complexity index is 527. The van der Waals surface area contributed by atoms with Crippen molar-refractivity contribution < 1.29 is 4.74 Å². The molecule has 2 aromatic rings. The fourth-order valence-electron chi connectivity index (χ4n) is 1.67. The van der Waals surface area contributed by atoms with Gasteiger partial charge in [0.05, 0.1) is 18.1 Å². The Labute approximate surface area is 113 Å². The van der Waals surface area contributed by atoms with E-state index in [4.69, 9.17) is 10.5 Å². The Morgan fingerprint density at radius 2 is 1.63 bits per heavy atom. The summed E-state index contributed by atoms with van der Waals surface area (Å²) in [5.41, 5.74) is 7.10. The van der Waals surface area contributed by atoms with E-state index in [-0.39, 0.29) is 5.60 Å². The first-order chi connectivity index (χ1) is 8.92. The third-order valence-electron chi connectivity index (χ3n) is 2.43. The molecule has 0 spiro atoms. The minimum absolute atomic E-state index is 0.179. The highest BCUT2D eigenvalue weighted by Gasteiger charge is 2.11. The van der Waals surface area contributed by atoms with E-state index in [1.807, 2.05) is 45.0 Å². The van der Waals surface area contributed by atoms with Crippen molar-refractivity contribution in [3.63, 3.8) is 0 Å². The largest absolute Gasteiger partial charge is 0.488 e. The molecule has 0 aliphatic rings. The number of ether oxygens (including phenoxy) is 1. The molecule has 4 heteroatoms. The van der Waals surface area contributed by atoms with E-state index in [1.165, 1.54) is 0 Å². The van der Waals surface area contributed by atoms with Gasteiger partial charge in [0.25, 0.3) is 0 Å². The SMILES string of the molecule is CC(C)(C)Oc1ccc(Cc2ncc(N)cn2)cc1. The number of nitrogen functional groups attached to an aromatic ring is 1. The second-order valence-corrected chi connectivity index (χ2v) is 5.47. The average Bonchev–Trinajstić information content (AvgIpc) is 2.33. The quantitative estimate of drug-likeness (QED) is 0.918. The van der Waals surface area contributed by atoms with Gasteiger partial charge in [-0.15, -0.1) is 0 Å². The van der Waals surface area contributed by atoms with Crippen molar-refractivity contribution in [3.05, 3.63) is 48.0 Å². The molecule has 4 nitrogen and oxygen atoms in total. The van der Waals surface area contributed by atoms with Crippen LogP contribution in [0.25, 0.3) is 0 Å². The zero-order valence-electron chi connectivity index (χ0n) is 11.6. The molecule has 0 aliphatic carbocycles. The Kier molecular flexibility index (Phi) is 3.69. The smallest absolute Gasteiger partial charge is 0.132 e. The molecule has 1 aromatic heterocycles. The molecule has 2 N–H and O–H groups in total. The molecule has 0 fully saturated rings. The van der Waals surface area contributed by atoms with Gasteiger partial charge in [0.15, 0.2) is 0 Å². The van der Waals surface area contributed by atoms with Crippen LogP contribution in [0, 0.1) is 0 Å². The van der Waals surface area contributed by atoms with Crippen molar-refractivity contribution in [3.8, 4) is 5.75 Å². The molecular formula is C15H19N3O. The van der Waals surface area contributed by atoms with Crippen LogP contribution < -0.4 is 10.5 Å². The van der Waals surface area contributed by atoms with E-state index >= 15 is 0 Å². The minimum atomic E-state index is -0.179. The molecule has 0 saturated heterocycles. The van der Waals surface area contributed by atoms with E-state index in [9.17, 15) is 0 Å². The Morgan fingerprint density at radius 1 is 1.05 bits per heavy atom. The van der Waals surface area contributed by atoms with E-state index in [0.717, 1.165) is 17.1 Å². The fourth-order valence-corrected chi connectivity index (χ4v) is 1.67.